The fourth-order valence-corrected chi connectivity index (χ4v) is 2.77. The van der Waals surface area contributed by atoms with Gasteiger partial charge in [0, 0.05) is 13.1 Å². The number of hydrogen-bond donors (Lipinski definition) is 3. The van der Waals surface area contributed by atoms with Gasteiger partial charge in [0.15, 0.2) is 0 Å². The highest BCUT2D eigenvalue weighted by Crippen LogP contribution is 2.24. The summed E-state index contributed by atoms with van der Waals surface area (Å²) in [5, 5.41) is 15.2. The average molecular weight is 292 g/mol. The molecule has 1 aromatic carbocycles. The summed E-state index contributed by atoms with van der Waals surface area (Å²) < 4.78 is 5.21. The van der Waals surface area contributed by atoms with E-state index < -0.39 is 0 Å². The molecule has 0 saturated heterocycles. The maximum atomic E-state index is 11.8. The molecule has 1 aliphatic rings. The van der Waals surface area contributed by atoms with Gasteiger partial charge in [0.25, 0.3) is 0 Å². The van der Waals surface area contributed by atoms with Crippen molar-refractivity contribution in [2.24, 2.45) is 5.92 Å². The third kappa shape index (κ3) is 4.63. The second-order valence-corrected chi connectivity index (χ2v) is 5.70. The lowest BCUT2D eigenvalue weighted by atomic mass is 10.1. The van der Waals surface area contributed by atoms with Gasteiger partial charge < -0.3 is 20.5 Å². The fraction of sp³-hybridized carbons (Fsp3) is 0.562. The SMILES string of the molecule is COc1ccc(CNC(=O)NCC2CCC(O)C2)cc1C. The number of nitrogens with one attached hydrogen (secondary N) is 2. The van der Waals surface area contributed by atoms with Crippen LogP contribution in [0.15, 0.2) is 18.2 Å². The third-order valence-corrected chi connectivity index (χ3v) is 3.98. The van der Waals surface area contributed by atoms with Crippen molar-refractivity contribution in [2.75, 3.05) is 13.7 Å². The number of amides is 2. The van der Waals surface area contributed by atoms with E-state index in [9.17, 15) is 9.90 Å². The number of carbonyl (C=O) groups is 1. The predicted molar refractivity (Wildman–Crippen MR) is 81.3 cm³/mol. The molecular formula is C16H24N2O3. The zero-order valence-electron chi connectivity index (χ0n) is 12.7. The number of aryl methyl sites for hydroxylation is 1. The molecule has 3 N–H and O–H groups in total. The summed E-state index contributed by atoms with van der Waals surface area (Å²) in [7, 11) is 1.65. The Hall–Kier alpha value is -1.75. The molecule has 5 nitrogen and oxygen atoms in total. The third-order valence-electron chi connectivity index (χ3n) is 3.98. The van der Waals surface area contributed by atoms with Gasteiger partial charge in [-0.25, -0.2) is 4.79 Å². The van der Waals surface area contributed by atoms with Crippen LogP contribution in [-0.2, 0) is 6.54 Å². The van der Waals surface area contributed by atoms with Crippen LogP contribution in [0.5, 0.6) is 5.75 Å². The van der Waals surface area contributed by atoms with E-state index in [1.807, 2.05) is 25.1 Å². The molecular weight excluding hydrogens is 268 g/mol. The quantitative estimate of drug-likeness (QED) is 0.777. The van der Waals surface area contributed by atoms with Crippen molar-refractivity contribution in [3.8, 4) is 5.75 Å². The highest BCUT2D eigenvalue weighted by Gasteiger charge is 2.22. The lowest BCUT2D eigenvalue weighted by molar-refractivity contribution is 0.177. The second-order valence-electron chi connectivity index (χ2n) is 5.70. The maximum Gasteiger partial charge on any atom is 0.315 e. The van der Waals surface area contributed by atoms with Crippen molar-refractivity contribution in [1.82, 2.24) is 10.6 Å². The molecule has 0 aliphatic heterocycles. The Kier molecular flexibility index (Phi) is 5.44. The Morgan fingerprint density at radius 2 is 2.19 bits per heavy atom. The van der Waals surface area contributed by atoms with Crippen molar-refractivity contribution in [2.45, 2.75) is 38.8 Å². The average Bonchev–Trinajstić information content (AvgIpc) is 2.89. The number of aliphatic hydroxyl groups excluding tert-OH is 1. The molecule has 0 radical (unpaired) electrons. The Morgan fingerprint density at radius 3 is 2.81 bits per heavy atom. The summed E-state index contributed by atoms with van der Waals surface area (Å²) in [4.78, 5) is 11.8. The van der Waals surface area contributed by atoms with Crippen molar-refractivity contribution >= 4 is 6.03 Å². The van der Waals surface area contributed by atoms with Gasteiger partial charge in [0.05, 0.1) is 13.2 Å². The van der Waals surface area contributed by atoms with Gasteiger partial charge in [-0.2, -0.15) is 0 Å². The Bertz CT molecular complexity index is 490. The number of benzene rings is 1. The Labute approximate surface area is 125 Å². The van der Waals surface area contributed by atoms with Gasteiger partial charge in [0.1, 0.15) is 5.75 Å². The molecule has 1 fully saturated rings. The number of aliphatic hydroxyl groups is 1. The highest BCUT2D eigenvalue weighted by atomic mass is 16.5. The molecule has 116 valence electrons. The number of hydrogen-bond acceptors (Lipinski definition) is 3. The standard InChI is InChI=1S/C16H24N2O3/c1-11-7-12(4-6-15(11)21-2)9-17-16(20)18-10-13-3-5-14(19)8-13/h4,6-7,13-14,19H,3,5,8-10H2,1-2H3,(H2,17,18,20). The van der Waals surface area contributed by atoms with Crippen LogP contribution >= 0.6 is 0 Å². The normalized spacial score (nSPS) is 21.1. The van der Waals surface area contributed by atoms with Crippen LogP contribution < -0.4 is 15.4 Å². The summed E-state index contributed by atoms with van der Waals surface area (Å²) >= 11 is 0. The van der Waals surface area contributed by atoms with E-state index in [0.29, 0.717) is 19.0 Å². The first-order valence-electron chi connectivity index (χ1n) is 7.41. The molecule has 1 aliphatic carbocycles. The molecule has 2 amide bonds. The van der Waals surface area contributed by atoms with Crippen molar-refractivity contribution in [1.29, 1.82) is 0 Å². The number of methoxy groups -OCH3 is 1. The number of rotatable bonds is 5. The second kappa shape index (κ2) is 7.31. The van der Waals surface area contributed by atoms with Gasteiger partial charge in [-0.1, -0.05) is 12.1 Å². The topological polar surface area (TPSA) is 70.6 Å². The monoisotopic (exact) mass is 292 g/mol. The molecule has 1 aromatic rings. The molecule has 21 heavy (non-hydrogen) atoms. The Morgan fingerprint density at radius 1 is 1.38 bits per heavy atom. The molecule has 2 atom stereocenters. The van der Waals surface area contributed by atoms with Crippen LogP contribution in [0.4, 0.5) is 4.79 Å². The summed E-state index contributed by atoms with van der Waals surface area (Å²) in [5.74, 6) is 1.25. The molecule has 1 saturated carbocycles. The van der Waals surface area contributed by atoms with Crippen LogP contribution in [0.3, 0.4) is 0 Å². The minimum atomic E-state index is -0.192. The minimum Gasteiger partial charge on any atom is -0.496 e. The van der Waals surface area contributed by atoms with Gasteiger partial charge in [0.2, 0.25) is 0 Å². The zero-order valence-corrected chi connectivity index (χ0v) is 12.7. The fourth-order valence-electron chi connectivity index (χ4n) is 2.77. The van der Waals surface area contributed by atoms with Gasteiger partial charge in [-0.05, 0) is 49.3 Å². The minimum absolute atomic E-state index is 0.162. The summed E-state index contributed by atoms with van der Waals surface area (Å²) in [6, 6.07) is 5.70. The van der Waals surface area contributed by atoms with E-state index in [-0.39, 0.29) is 12.1 Å². The number of carbonyl (C=O) groups excluding carboxylic acids is 1. The maximum absolute atomic E-state index is 11.8. The zero-order chi connectivity index (χ0) is 15.2. The molecule has 0 heterocycles. The van der Waals surface area contributed by atoms with Gasteiger partial charge in [-0.15, -0.1) is 0 Å². The van der Waals surface area contributed by atoms with Crippen LogP contribution in [0, 0.1) is 12.8 Å². The van der Waals surface area contributed by atoms with E-state index in [1.165, 1.54) is 0 Å². The van der Waals surface area contributed by atoms with Crippen LogP contribution in [0.1, 0.15) is 30.4 Å². The number of urea groups is 1. The van der Waals surface area contributed by atoms with E-state index in [2.05, 4.69) is 10.6 Å². The smallest absolute Gasteiger partial charge is 0.315 e. The molecule has 0 bridgehead atoms. The Balaban J connectivity index is 1.72. The first-order chi connectivity index (χ1) is 10.1. The van der Waals surface area contributed by atoms with Crippen LogP contribution in [0.2, 0.25) is 0 Å². The van der Waals surface area contributed by atoms with E-state index in [4.69, 9.17) is 4.74 Å². The molecule has 0 aromatic heterocycles. The van der Waals surface area contributed by atoms with Gasteiger partial charge >= 0.3 is 6.03 Å². The summed E-state index contributed by atoms with van der Waals surface area (Å²) in [5.41, 5.74) is 2.09. The predicted octanol–water partition coefficient (Wildman–Crippen LogP) is 1.96. The summed E-state index contributed by atoms with van der Waals surface area (Å²) in [6.07, 6.45) is 2.43. The molecule has 5 heteroatoms. The first-order valence-corrected chi connectivity index (χ1v) is 7.41. The van der Waals surface area contributed by atoms with E-state index >= 15 is 0 Å². The number of ether oxygens (including phenoxy) is 1. The molecule has 0 spiro atoms. The highest BCUT2D eigenvalue weighted by molar-refractivity contribution is 5.73. The lowest BCUT2D eigenvalue weighted by Gasteiger charge is -2.12. The lowest BCUT2D eigenvalue weighted by Crippen LogP contribution is -2.37. The van der Waals surface area contributed by atoms with Crippen LogP contribution in [0.25, 0.3) is 0 Å². The molecule has 2 unspecified atom stereocenters. The van der Waals surface area contributed by atoms with Crippen molar-refractivity contribution in [3.63, 3.8) is 0 Å². The van der Waals surface area contributed by atoms with Crippen molar-refractivity contribution in [3.05, 3.63) is 29.3 Å². The summed E-state index contributed by atoms with van der Waals surface area (Å²) in [6.45, 7) is 3.10. The largest absolute Gasteiger partial charge is 0.496 e. The van der Waals surface area contributed by atoms with Crippen molar-refractivity contribution < 1.29 is 14.6 Å². The first kappa shape index (κ1) is 15.6. The van der Waals surface area contributed by atoms with Gasteiger partial charge in [-0.3, -0.25) is 0 Å². The van der Waals surface area contributed by atoms with E-state index in [0.717, 1.165) is 36.1 Å². The molecule has 2 rings (SSSR count). The van der Waals surface area contributed by atoms with E-state index in [1.54, 1.807) is 7.11 Å². The van der Waals surface area contributed by atoms with Crippen LogP contribution in [-0.4, -0.2) is 30.9 Å².